The van der Waals surface area contributed by atoms with Crippen LogP contribution in [0.3, 0.4) is 0 Å². The van der Waals surface area contributed by atoms with E-state index < -0.39 is 0 Å². The second kappa shape index (κ2) is 7.12. The third-order valence-corrected chi connectivity index (χ3v) is 3.43. The minimum Gasteiger partial charge on any atom is -0.271 e. The average molecular weight is 350 g/mol. The number of hydrogen-bond donors (Lipinski definition) is 1. The van der Waals surface area contributed by atoms with Gasteiger partial charge in [-0.1, -0.05) is 23.9 Å². The molecule has 7 heteroatoms. The maximum Gasteiger partial charge on any atom is 0.183 e. The molecule has 0 saturated carbocycles. The zero-order valence-electron chi connectivity index (χ0n) is 10.7. The molecule has 0 aliphatic heterocycles. The summed E-state index contributed by atoms with van der Waals surface area (Å²) in [6.45, 7) is 0.676. The maximum absolute atomic E-state index is 8.63. The molecule has 1 heterocycles. The third-order valence-electron chi connectivity index (χ3n) is 2.44. The highest BCUT2D eigenvalue weighted by molar-refractivity contribution is 9.10. The number of nitrogens with zero attached hydrogens (tertiary/aromatic N) is 4. The molecule has 5 nitrogen and oxygen atoms in total. The Bertz CT molecular complexity index is 659. The van der Waals surface area contributed by atoms with Gasteiger partial charge in [0.2, 0.25) is 0 Å². The van der Waals surface area contributed by atoms with Crippen molar-refractivity contribution in [2.45, 2.75) is 6.54 Å². The molecule has 0 fully saturated rings. The van der Waals surface area contributed by atoms with E-state index in [0.717, 1.165) is 15.7 Å². The van der Waals surface area contributed by atoms with Crippen molar-refractivity contribution in [3.05, 3.63) is 46.7 Å². The quantitative estimate of drug-likeness (QED) is 0.400. The van der Waals surface area contributed by atoms with Crippen LogP contribution in [0.4, 0.5) is 5.69 Å². The summed E-state index contributed by atoms with van der Waals surface area (Å²) < 4.78 is 2.80. The van der Waals surface area contributed by atoms with Crippen molar-refractivity contribution in [3.63, 3.8) is 0 Å². The largest absolute Gasteiger partial charge is 0.271 e. The monoisotopic (exact) mass is 349 g/mol. The van der Waals surface area contributed by atoms with Gasteiger partial charge >= 0.3 is 0 Å². The van der Waals surface area contributed by atoms with Gasteiger partial charge in [-0.3, -0.25) is 10.00 Å². The minimum atomic E-state index is 0.575. The predicted octanol–water partition coefficient (Wildman–Crippen LogP) is 3.12. The van der Waals surface area contributed by atoms with E-state index in [4.69, 9.17) is 5.26 Å². The summed E-state index contributed by atoms with van der Waals surface area (Å²) in [5.74, 6) is 0. The zero-order chi connectivity index (χ0) is 14.4. The Hall–Kier alpha value is -1.78. The highest BCUT2D eigenvalue weighted by atomic mass is 79.9. The summed E-state index contributed by atoms with van der Waals surface area (Å²) in [4.78, 5) is 4.38. The number of benzene rings is 1. The van der Waals surface area contributed by atoms with Crippen LogP contribution in [-0.4, -0.2) is 21.2 Å². The van der Waals surface area contributed by atoms with Crippen LogP contribution >= 0.6 is 27.7 Å². The van der Waals surface area contributed by atoms with E-state index in [1.165, 1.54) is 11.8 Å². The van der Waals surface area contributed by atoms with E-state index in [1.807, 2.05) is 47.6 Å². The van der Waals surface area contributed by atoms with Gasteiger partial charge in [0.1, 0.15) is 0 Å². The number of rotatable bonds is 3. The van der Waals surface area contributed by atoms with Crippen LogP contribution in [0, 0.1) is 11.5 Å². The lowest BCUT2D eigenvalue weighted by Crippen LogP contribution is -2.12. The smallest absolute Gasteiger partial charge is 0.183 e. The van der Waals surface area contributed by atoms with Crippen LogP contribution in [-0.2, 0) is 6.54 Å². The third kappa shape index (κ3) is 4.11. The zero-order valence-corrected chi connectivity index (χ0v) is 13.1. The summed E-state index contributed by atoms with van der Waals surface area (Å²) >= 11 is 4.77. The molecule has 0 radical (unpaired) electrons. The molecule has 20 heavy (non-hydrogen) atoms. The molecule has 0 atom stereocenters. The van der Waals surface area contributed by atoms with E-state index in [0.29, 0.717) is 11.7 Å². The van der Waals surface area contributed by atoms with Gasteiger partial charge in [-0.15, -0.1) is 0 Å². The Morgan fingerprint density at radius 3 is 3.10 bits per heavy atom. The number of aromatic nitrogens is 2. The van der Waals surface area contributed by atoms with Crippen LogP contribution in [0.5, 0.6) is 0 Å². The molecule has 0 unspecified atom stereocenters. The second-order valence-electron chi connectivity index (χ2n) is 3.88. The van der Waals surface area contributed by atoms with E-state index in [9.17, 15) is 0 Å². The molecule has 0 bridgehead atoms. The Morgan fingerprint density at radius 2 is 2.45 bits per heavy atom. The van der Waals surface area contributed by atoms with Crippen molar-refractivity contribution in [2.75, 3.05) is 6.26 Å². The van der Waals surface area contributed by atoms with Gasteiger partial charge in [-0.25, -0.2) is 4.99 Å². The number of halogens is 1. The van der Waals surface area contributed by atoms with Crippen molar-refractivity contribution in [3.8, 4) is 6.19 Å². The number of thioether (sulfide) groups is 1. The van der Waals surface area contributed by atoms with E-state index >= 15 is 0 Å². The molecule has 0 amide bonds. The number of amidine groups is 1. The first-order chi connectivity index (χ1) is 9.71. The Balaban J connectivity index is 2.17. The van der Waals surface area contributed by atoms with Gasteiger partial charge in [0, 0.05) is 6.20 Å². The Kier molecular flexibility index (Phi) is 5.21. The normalized spacial score (nSPS) is 11.2. The van der Waals surface area contributed by atoms with Crippen LogP contribution in [0.2, 0.25) is 0 Å². The lowest BCUT2D eigenvalue weighted by molar-refractivity contribution is 0.687. The van der Waals surface area contributed by atoms with Crippen molar-refractivity contribution >= 4 is 38.5 Å². The first kappa shape index (κ1) is 14.6. The molecule has 1 aromatic heterocycles. The van der Waals surface area contributed by atoms with Crippen LogP contribution in [0.25, 0.3) is 0 Å². The van der Waals surface area contributed by atoms with E-state index in [-0.39, 0.29) is 0 Å². The first-order valence-corrected chi connectivity index (χ1v) is 7.77. The summed E-state index contributed by atoms with van der Waals surface area (Å²) in [5, 5.41) is 16.0. The van der Waals surface area contributed by atoms with E-state index in [2.05, 4.69) is 31.3 Å². The topological polar surface area (TPSA) is 66.0 Å². The fourth-order valence-electron chi connectivity index (χ4n) is 1.63. The van der Waals surface area contributed by atoms with Crippen molar-refractivity contribution in [1.29, 1.82) is 5.26 Å². The molecule has 0 aliphatic rings. The lowest BCUT2D eigenvalue weighted by atomic mass is 10.2. The van der Waals surface area contributed by atoms with Gasteiger partial charge in [-0.2, -0.15) is 10.4 Å². The molecule has 2 aromatic rings. The molecule has 2 rings (SSSR count). The first-order valence-electron chi connectivity index (χ1n) is 5.76. The Morgan fingerprint density at radius 1 is 1.60 bits per heavy atom. The van der Waals surface area contributed by atoms with Crippen LogP contribution in [0.15, 0.2) is 46.1 Å². The van der Waals surface area contributed by atoms with Crippen molar-refractivity contribution in [2.24, 2.45) is 4.99 Å². The predicted molar refractivity (Wildman–Crippen MR) is 84.8 cm³/mol. The van der Waals surface area contributed by atoms with Crippen molar-refractivity contribution < 1.29 is 0 Å². The van der Waals surface area contributed by atoms with Crippen molar-refractivity contribution in [1.82, 2.24) is 15.1 Å². The molecule has 0 aliphatic carbocycles. The van der Waals surface area contributed by atoms with Gasteiger partial charge in [0.05, 0.1) is 22.9 Å². The lowest BCUT2D eigenvalue weighted by Gasteiger charge is -2.04. The molecular weight excluding hydrogens is 338 g/mol. The molecule has 1 aromatic carbocycles. The molecule has 102 valence electrons. The molecule has 1 N–H and O–H groups in total. The minimum absolute atomic E-state index is 0.575. The van der Waals surface area contributed by atoms with Gasteiger partial charge in [0.25, 0.3) is 0 Å². The number of aliphatic imine (C=N–C) groups is 1. The van der Waals surface area contributed by atoms with Gasteiger partial charge in [-0.05, 0) is 39.9 Å². The van der Waals surface area contributed by atoms with E-state index in [1.54, 1.807) is 6.20 Å². The highest BCUT2D eigenvalue weighted by Crippen LogP contribution is 2.17. The fourth-order valence-corrected chi connectivity index (χ4v) is 2.30. The summed E-state index contributed by atoms with van der Waals surface area (Å²) in [7, 11) is 0. The second-order valence-corrected chi connectivity index (χ2v) is 5.59. The molecular formula is C13H12BrN5S. The highest BCUT2D eigenvalue weighted by Gasteiger charge is 2.00. The summed E-state index contributed by atoms with van der Waals surface area (Å²) in [6.07, 6.45) is 7.42. The maximum atomic E-state index is 8.63. The number of nitriles is 1. The standard InChI is InChI=1S/C13H12BrN5S/c1-20-13(16-9-15)18-12-4-2-3-10(5-12)7-19-8-11(14)6-17-19/h2-6,8H,7H2,1H3,(H,16,18). The average Bonchev–Trinajstić information content (AvgIpc) is 2.84. The summed E-state index contributed by atoms with van der Waals surface area (Å²) in [6, 6.07) is 7.84. The van der Waals surface area contributed by atoms with Crippen LogP contribution < -0.4 is 5.32 Å². The molecule has 0 saturated heterocycles. The van der Waals surface area contributed by atoms with Crippen LogP contribution in [0.1, 0.15) is 5.56 Å². The SMILES string of the molecule is CSC(=Nc1cccc(Cn2cc(Br)cn2)c1)NC#N. The number of hydrogen-bond acceptors (Lipinski definition) is 4. The Labute approximate surface area is 129 Å². The fraction of sp³-hybridized carbons (Fsp3) is 0.154. The summed E-state index contributed by atoms with van der Waals surface area (Å²) in [5.41, 5.74) is 1.90. The van der Waals surface area contributed by atoms with Gasteiger partial charge in [0.15, 0.2) is 11.4 Å². The van der Waals surface area contributed by atoms with Gasteiger partial charge < -0.3 is 0 Å². The molecule has 0 spiro atoms. The number of nitrogens with one attached hydrogen (secondary N) is 1.